The number of rotatable bonds is 13. The first-order valence-electron chi connectivity index (χ1n) is 6.36. The standard InChI is InChI=1S/C12H27O6P/c1-10(13-3)15-5-7-17-12(9-19)18-8-6-16-11(2)14-4/h10-12H,5-9,19H2,1-4H3. The lowest BCUT2D eigenvalue weighted by atomic mass is 10.6. The fourth-order valence-electron chi connectivity index (χ4n) is 1.11. The summed E-state index contributed by atoms with van der Waals surface area (Å²) in [5, 5.41) is 0. The Morgan fingerprint density at radius 3 is 1.42 bits per heavy atom. The molecule has 0 radical (unpaired) electrons. The van der Waals surface area contributed by atoms with Gasteiger partial charge in [-0.1, -0.05) is 0 Å². The van der Waals surface area contributed by atoms with Gasteiger partial charge >= 0.3 is 0 Å². The first kappa shape index (κ1) is 19.2. The van der Waals surface area contributed by atoms with Crippen LogP contribution in [0.25, 0.3) is 0 Å². The Balaban J connectivity index is 3.49. The van der Waals surface area contributed by atoms with E-state index in [1.165, 1.54) is 0 Å². The number of methoxy groups -OCH3 is 2. The average molecular weight is 298 g/mol. The van der Waals surface area contributed by atoms with Crippen molar-refractivity contribution >= 4 is 9.24 Å². The third-order valence-corrected chi connectivity index (χ3v) is 2.72. The smallest absolute Gasteiger partial charge is 0.161 e. The van der Waals surface area contributed by atoms with Gasteiger partial charge in [0.25, 0.3) is 0 Å². The van der Waals surface area contributed by atoms with E-state index >= 15 is 0 Å². The highest BCUT2D eigenvalue weighted by Gasteiger charge is 2.08. The molecule has 0 rings (SSSR count). The predicted octanol–water partition coefficient (Wildman–Crippen LogP) is 1.24. The Kier molecular flexibility index (Phi) is 13.3. The maximum absolute atomic E-state index is 5.51. The summed E-state index contributed by atoms with van der Waals surface area (Å²) in [6.45, 7) is 5.52. The summed E-state index contributed by atoms with van der Waals surface area (Å²) in [6.07, 6.45) is -0.0154. The molecule has 116 valence electrons. The minimum absolute atomic E-state index is 0.220. The van der Waals surface area contributed by atoms with E-state index in [2.05, 4.69) is 9.24 Å². The highest BCUT2D eigenvalue weighted by molar-refractivity contribution is 7.16. The second-order valence-corrected chi connectivity index (χ2v) is 4.23. The topological polar surface area (TPSA) is 55.4 Å². The molecule has 0 aliphatic heterocycles. The molecule has 0 aromatic rings. The summed E-state index contributed by atoms with van der Waals surface area (Å²) in [5.41, 5.74) is 0. The predicted molar refractivity (Wildman–Crippen MR) is 75.1 cm³/mol. The van der Waals surface area contributed by atoms with E-state index in [0.717, 1.165) is 0 Å². The van der Waals surface area contributed by atoms with Gasteiger partial charge in [-0.15, -0.1) is 9.24 Å². The van der Waals surface area contributed by atoms with Crippen LogP contribution < -0.4 is 0 Å². The lowest BCUT2D eigenvalue weighted by molar-refractivity contribution is -0.177. The van der Waals surface area contributed by atoms with Crippen LogP contribution in [0.15, 0.2) is 0 Å². The van der Waals surface area contributed by atoms with Crippen LogP contribution in [0.3, 0.4) is 0 Å². The summed E-state index contributed by atoms with van der Waals surface area (Å²) < 4.78 is 31.5. The van der Waals surface area contributed by atoms with Gasteiger partial charge in [-0.25, -0.2) is 0 Å². The van der Waals surface area contributed by atoms with Crippen LogP contribution in [0.1, 0.15) is 13.8 Å². The van der Waals surface area contributed by atoms with Gasteiger partial charge in [-0.2, -0.15) is 0 Å². The largest absolute Gasteiger partial charge is 0.356 e. The Morgan fingerprint density at radius 1 is 0.737 bits per heavy atom. The van der Waals surface area contributed by atoms with E-state index in [-0.39, 0.29) is 18.9 Å². The fraction of sp³-hybridized carbons (Fsp3) is 1.00. The number of ether oxygens (including phenoxy) is 6. The zero-order valence-electron chi connectivity index (χ0n) is 12.3. The molecule has 6 nitrogen and oxygen atoms in total. The normalized spacial score (nSPS) is 16.3. The minimum Gasteiger partial charge on any atom is -0.356 e. The van der Waals surface area contributed by atoms with Crippen molar-refractivity contribution < 1.29 is 28.4 Å². The van der Waals surface area contributed by atoms with Gasteiger partial charge in [-0.05, 0) is 13.8 Å². The van der Waals surface area contributed by atoms with E-state index in [0.29, 0.717) is 32.6 Å². The molecule has 0 aromatic carbocycles. The molecule has 19 heavy (non-hydrogen) atoms. The van der Waals surface area contributed by atoms with E-state index in [9.17, 15) is 0 Å². The first-order chi connectivity index (χ1) is 9.13. The van der Waals surface area contributed by atoms with Crippen LogP contribution in [0.2, 0.25) is 0 Å². The van der Waals surface area contributed by atoms with Crippen molar-refractivity contribution in [1.29, 1.82) is 0 Å². The second kappa shape index (κ2) is 13.2. The molecule has 0 spiro atoms. The lowest BCUT2D eigenvalue weighted by Crippen LogP contribution is -2.25. The third kappa shape index (κ3) is 11.7. The van der Waals surface area contributed by atoms with Gasteiger partial charge in [0.15, 0.2) is 18.9 Å². The molecule has 3 unspecified atom stereocenters. The second-order valence-electron chi connectivity index (χ2n) is 3.76. The first-order valence-corrected chi connectivity index (χ1v) is 7.17. The van der Waals surface area contributed by atoms with Crippen molar-refractivity contribution in [1.82, 2.24) is 0 Å². The quantitative estimate of drug-likeness (QED) is 0.290. The number of hydrogen-bond acceptors (Lipinski definition) is 6. The molecule has 0 aliphatic rings. The summed E-state index contributed by atoms with van der Waals surface area (Å²) in [4.78, 5) is 0. The van der Waals surface area contributed by atoms with E-state index in [1.54, 1.807) is 14.2 Å². The van der Waals surface area contributed by atoms with Gasteiger partial charge in [0.05, 0.1) is 26.4 Å². The molecule has 0 heterocycles. The molecule has 7 heteroatoms. The molecule has 0 bridgehead atoms. The minimum atomic E-state index is -0.270. The Morgan fingerprint density at radius 2 is 1.11 bits per heavy atom. The molecular weight excluding hydrogens is 271 g/mol. The van der Waals surface area contributed by atoms with Gasteiger partial charge < -0.3 is 28.4 Å². The van der Waals surface area contributed by atoms with Crippen LogP contribution in [0.5, 0.6) is 0 Å². The summed E-state index contributed by atoms with van der Waals surface area (Å²) in [6, 6.07) is 0. The zero-order valence-corrected chi connectivity index (χ0v) is 13.4. The van der Waals surface area contributed by atoms with Gasteiger partial charge in [0.2, 0.25) is 0 Å². The summed E-state index contributed by atoms with van der Waals surface area (Å²) >= 11 is 0. The van der Waals surface area contributed by atoms with Crippen LogP contribution in [0, 0.1) is 0 Å². The SMILES string of the molecule is COC(C)OCCOC(CP)OCCOC(C)OC. The van der Waals surface area contributed by atoms with E-state index < -0.39 is 0 Å². The van der Waals surface area contributed by atoms with Crippen molar-refractivity contribution in [3.05, 3.63) is 0 Å². The lowest BCUT2D eigenvalue weighted by Gasteiger charge is -2.18. The van der Waals surface area contributed by atoms with Crippen LogP contribution >= 0.6 is 9.24 Å². The molecule has 0 aliphatic carbocycles. The van der Waals surface area contributed by atoms with Crippen molar-refractivity contribution in [2.75, 3.05) is 46.8 Å². The summed E-state index contributed by atoms with van der Waals surface area (Å²) in [7, 11) is 5.79. The Hall–Kier alpha value is 0.190. The Labute approximate surface area is 118 Å². The van der Waals surface area contributed by atoms with Crippen LogP contribution in [-0.4, -0.2) is 65.7 Å². The van der Waals surface area contributed by atoms with E-state index in [1.807, 2.05) is 13.8 Å². The summed E-state index contributed by atoms with van der Waals surface area (Å²) in [5.74, 6) is 0. The van der Waals surface area contributed by atoms with Gasteiger partial charge in [0, 0.05) is 20.4 Å². The number of hydrogen-bond donors (Lipinski definition) is 0. The fourth-order valence-corrected chi connectivity index (χ4v) is 1.38. The molecule has 0 aromatic heterocycles. The molecule has 0 amide bonds. The van der Waals surface area contributed by atoms with Crippen molar-refractivity contribution in [2.45, 2.75) is 32.7 Å². The maximum Gasteiger partial charge on any atom is 0.161 e. The van der Waals surface area contributed by atoms with Crippen molar-refractivity contribution in [3.63, 3.8) is 0 Å². The zero-order chi connectivity index (χ0) is 14.5. The highest BCUT2D eigenvalue weighted by Crippen LogP contribution is 2.01. The van der Waals surface area contributed by atoms with Gasteiger partial charge in [-0.3, -0.25) is 0 Å². The van der Waals surface area contributed by atoms with Gasteiger partial charge in [0.1, 0.15) is 0 Å². The third-order valence-electron chi connectivity index (χ3n) is 2.34. The monoisotopic (exact) mass is 298 g/mol. The van der Waals surface area contributed by atoms with Crippen LogP contribution in [0.4, 0.5) is 0 Å². The average Bonchev–Trinajstić information content (AvgIpc) is 2.44. The van der Waals surface area contributed by atoms with Crippen LogP contribution in [-0.2, 0) is 28.4 Å². The molecule has 3 atom stereocenters. The molecule has 0 saturated carbocycles. The van der Waals surface area contributed by atoms with E-state index in [4.69, 9.17) is 28.4 Å². The Bertz CT molecular complexity index is 177. The highest BCUT2D eigenvalue weighted by atomic mass is 31.0. The molecule has 0 N–H and O–H groups in total. The molecular formula is C12H27O6P. The molecule has 0 saturated heterocycles. The molecule has 0 fully saturated rings. The van der Waals surface area contributed by atoms with Crippen molar-refractivity contribution in [3.8, 4) is 0 Å². The maximum atomic E-state index is 5.51. The van der Waals surface area contributed by atoms with Crippen molar-refractivity contribution in [2.24, 2.45) is 0 Å².